The predicted molar refractivity (Wildman–Crippen MR) is 67.9 cm³/mol. The lowest BCUT2D eigenvalue weighted by Gasteiger charge is -2.24. The van der Waals surface area contributed by atoms with Crippen LogP contribution >= 0.6 is 0 Å². The lowest BCUT2D eigenvalue weighted by atomic mass is 10.1. The molecule has 0 rings (SSSR count). The normalized spacial score (nSPS) is 14.4. The van der Waals surface area contributed by atoms with Gasteiger partial charge in [0.05, 0.1) is 12.1 Å². The Labute approximate surface area is 108 Å². The molecule has 0 aromatic heterocycles. The van der Waals surface area contributed by atoms with Gasteiger partial charge in [0.15, 0.2) is 0 Å². The zero-order valence-corrected chi connectivity index (χ0v) is 11.5. The summed E-state index contributed by atoms with van der Waals surface area (Å²) in [6, 6.07) is 1.18. The highest BCUT2D eigenvalue weighted by Gasteiger charge is 2.22. The minimum Gasteiger partial charge on any atom is -0.444 e. The molecule has 6 heteroatoms. The van der Waals surface area contributed by atoms with E-state index in [1.807, 2.05) is 0 Å². The number of alkyl carbamates (subject to hydrolysis) is 1. The average Bonchev–Trinajstić information content (AvgIpc) is 2.21. The maximum Gasteiger partial charge on any atom is 0.407 e. The number of ether oxygens (including phenoxy) is 1. The Balaban J connectivity index is 4.15. The summed E-state index contributed by atoms with van der Waals surface area (Å²) in [4.78, 5) is 11.5. The van der Waals surface area contributed by atoms with E-state index in [4.69, 9.17) is 15.1 Å². The Morgan fingerprint density at radius 3 is 2.56 bits per heavy atom. The Kier molecular flexibility index (Phi) is 7.32. The first-order chi connectivity index (χ1) is 8.30. The number of carbonyl (C=O) groups is 1. The van der Waals surface area contributed by atoms with Gasteiger partial charge in [0.1, 0.15) is 11.6 Å². The second-order valence-corrected chi connectivity index (χ2v) is 5.07. The lowest BCUT2D eigenvalue weighted by Crippen LogP contribution is -2.49. The highest BCUT2D eigenvalue weighted by atomic mass is 16.6. The van der Waals surface area contributed by atoms with Crippen LogP contribution in [0.25, 0.3) is 0 Å². The third kappa shape index (κ3) is 7.87. The van der Waals surface area contributed by atoms with Crippen molar-refractivity contribution in [2.45, 2.75) is 51.8 Å². The van der Waals surface area contributed by atoms with Gasteiger partial charge < -0.3 is 20.5 Å². The van der Waals surface area contributed by atoms with Crippen LogP contribution in [-0.4, -0.2) is 42.0 Å². The van der Waals surface area contributed by atoms with E-state index in [1.54, 1.807) is 27.7 Å². The molecule has 2 atom stereocenters. The fraction of sp³-hybridized carbons (Fsp3) is 0.833. The second-order valence-electron chi connectivity index (χ2n) is 5.07. The molecule has 6 nitrogen and oxygen atoms in total. The summed E-state index contributed by atoms with van der Waals surface area (Å²) < 4.78 is 5.10. The Morgan fingerprint density at radius 1 is 1.50 bits per heavy atom. The van der Waals surface area contributed by atoms with Crippen molar-refractivity contribution in [1.29, 1.82) is 5.26 Å². The molecule has 2 unspecified atom stereocenters. The van der Waals surface area contributed by atoms with Crippen LogP contribution in [0, 0.1) is 11.3 Å². The summed E-state index contributed by atoms with van der Waals surface area (Å²) in [6.45, 7) is 7.65. The maximum absolute atomic E-state index is 11.5. The van der Waals surface area contributed by atoms with Gasteiger partial charge in [0.25, 0.3) is 0 Å². The molecule has 0 aliphatic heterocycles. The zero-order valence-electron chi connectivity index (χ0n) is 11.5. The Morgan fingerprint density at radius 2 is 2.11 bits per heavy atom. The van der Waals surface area contributed by atoms with Crippen LogP contribution in [0.1, 0.15) is 34.1 Å². The van der Waals surface area contributed by atoms with Crippen LogP contribution in [0.5, 0.6) is 0 Å². The van der Waals surface area contributed by atoms with Crippen LogP contribution < -0.4 is 10.6 Å². The molecule has 0 aromatic carbocycles. The van der Waals surface area contributed by atoms with Gasteiger partial charge >= 0.3 is 6.09 Å². The van der Waals surface area contributed by atoms with Crippen LogP contribution in [0.15, 0.2) is 0 Å². The molecular weight excluding hydrogens is 234 g/mol. The number of carbonyl (C=O) groups excluding carboxylic acids is 1. The maximum atomic E-state index is 11.5. The third-order valence-corrected chi connectivity index (χ3v) is 2.08. The van der Waals surface area contributed by atoms with E-state index in [0.717, 1.165) is 0 Å². The number of rotatable bonds is 6. The fourth-order valence-corrected chi connectivity index (χ4v) is 1.25. The molecule has 0 aromatic rings. The summed E-state index contributed by atoms with van der Waals surface area (Å²) in [5.74, 6) is 0. The molecule has 0 fully saturated rings. The van der Waals surface area contributed by atoms with Crippen molar-refractivity contribution in [3.05, 3.63) is 0 Å². The average molecular weight is 257 g/mol. The van der Waals surface area contributed by atoms with Gasteiger partial charge in [-0.25, -0.2) is 4.79 Å². The first-order valence-corrected chi connectivity index (χ1v) is 6.03. The first kappa shape index (κ1) is 16.7. The van der Waals surface area contributed by atoms with Gasteiger partial charge in [0.2, 0.25) is 0 Å². The van der Waals surface area contributed by atoms with Crippen LogP contribution in [0.4, 0.5) is 4.79 Å². The van der Waals surface area contributed by atoms with Crippen LogP contribution in [-0.2, 0) is 4.74 Å². The zero-order chi connectivity index (χ0) is 14.2. The lowest BCUT2D eigenvalue weighted by molar-refractivity contribution is 0.0503. The fourth-order valence-electron chi connectivity index (χ4n) is 1.25. The van der Waals surface area contributed by atoms with Crippen molar-refractivity contribution >= 4 is 6.09 Å². The smallest absolute Gasteiger partial charge is 0.407 e. The molecule has 0 saturated heterocycles. The molecule has 0 heterocycles. The summed E-state index contributed by atoms with van der Waals surface area (Å²) in [5, 5.41) is 23.2. The summed E-state index contributed by atoms with van der Waals surface area (Å²) in [7, 11) is 0. The highest BCUT2D eigenvalue weighted by molar-refractivity contribution is 5.68. The molecule has 3 N–H and O–H groups in total. The Hall–Kier alpha value is -1.32. The third-order valence-electron chi connectivity index (χ3n) is 2.08. The summed E-state index contributed by atoms with van der Waals surface area (Å²) in [6.07, 6.45) is 0.0244. The van der Waals surface area contributed by atoms with Crippen LogP contribution in [0.3, 0.4) is 0 Å². The molecule has 0 saturated carbocycles. The van der Waals surface area contributed by atoms with Crippen LogP contribution in [0.2, 0.25) is 0 Å². The number of amides is 1. The van der Waals surface area contributed by atoms with E-state index in [9.17, 15) is 4.79 Å². The van der Waals surface area contributed by atoms with E-state index in [2.05, 4.69) is 16.7 Å². The van der Waals surface area contributed by atoms with Gasteiger partial charge in [-0.1, -0.05) is 0 Å². The number of nitrogens with one attached hydrogen (secondary N) is 2. The monoisotopic (exact) mass is 257 g/mol. The van der Waals surface area contributed by atoms with Crippen molar-refractivity contribution < 1.29 is 14.6 Å². The van der Waals surface area contributed by atoms with Crippen molar-refractivity contribution in [1.82, 2.24) is 10.6 Å². The topological polar surface area (TPSA) is 94.4 Å². The summed E-state index contributed by atoms with van der Waals surface area (Å²) >= 11 is 0. The molecule has 0 spiro atoms. The molecule has 0 bridgehead atoms. The van der Waals surface area contributed by atoms with Crippen molar-refractivity contribution in [2.24, 2.45) is 0 Å². The standard InChI is InChI=1S/C12H23N3O3/c1-9(10(8-13)14-6-5-7-16)15-11(17)18-12(2,3)4/h9-10,14,16H,5-7H2,1-4H3,(H,15,17). The van der Waals surface area contributed by atoms with E-state index < -0.39 is 17.7 Å². The molecule has 1 amide bonds. The number of nitriles is 1. The number of nitrogens with zero attached hydrogens (tertiary/aromatic N) is 1. The van der Waals surface area contributed by atoms with E-state index >= 15 is 0 Å². The number of aliphatic hydroxyl groups is 1. The molecule has 0 aliphatic carbocycles. The van der Waals surface area contributed by atoms with Gasteiger partial charge in [0, 0.05) is 6.61 Å². The predicted octanol–water partition coefficient (Wildman–Crippen LogP) is 0.764. The molecule has 0 aliphatic rings. The minimum atomic E-state index is -0.559. The quantitative estimate of drug-likeness (QED) is 0.611. The Bertz CT molecular complexity index is 294. The van der Waals surface area contributed by atoms with Crippen molar-refractivity contribution in [3.8, 4) is 6.07 Å². The molecule has 0 radical (unpaired) electrons. The van der Waals surface area contributed by atoms with E-state index in [0.29, 0.717) is 13.0 Å². The molecule has 18 heavy (non-hydrogen) atoms. The molecule has 104 valence electrons. The minimum absolute atomic E-state index is 0.0685. The van der Waals surface area contributed by atoms with Gasteiger partial charge in [-0.05, 0) is 40.7 Å². The van der Waals surface area contributed by atoms with Gasteiger partial charge in [-0.15, -0.1) is 0 Å². The first-order valence-electron chi connectivity index (χ1n) is 6.03. The summed E-state index contributed by atoms with van der Waals surface area (Å²) in [5.41, 5.74) is -0.559. The van der Waals surface area contributed by atoms with Gasteiger partial charge in [-0.2, -0.15) is 5.26 Å². The number of aliphatic hydroxyl groups excluding tert-OH is 1. The largest absolute Gasteiger partial charge is 0.444 e. The second kappa shape index (κ2) is 7.90. The highest BCUT2D eigenvalue weighted by Crippen LogP contribution is 2.07. The SMILES string of the molecule is CC(NC(=O)OC(C)(C)C)C(C#N)NCCCO. The van der Waals surface area contributed by atoms with Crippen molar-refractivity contribution in [3.63, 3.8) is 0 Å². The van der Waals surface area contributed by atoms with Gasteiger partial charge in [-0.3, -0.25) is 0 Å². The van der Waals surface area contributed by atoms with Crippen molar-refractivity contribution in [2.75, 3.05) is 13.2 Å². The number of hydrogen-bond donors (Lipinski definition) is 3. The van der Waals surface area contributed by atoms with E-state index in [1.165, 1.54) is 0 Å². The molecular formula is C12H23N3O3. The van der Waals surface area contributed by atoms with E-state index in [-0.39, 0.29) is 12.6 Å². The number of hydrogen-bond acceptors (Lipinski definition) is 5.